The SMILES string of the molecule is CCC(CNC(=O)Nc1nncs1)N1CCc2ccccc2C1. The second kappa shape index (κ2) is 7.52. The maximum Gasteiger partial charge on any atom is 0.321 e. The molecule has 6 nitrogen and oxygen atoms in total. The first-order chi connectivity index (χ1) is 11.3. The van der Waals surface area contributed by atoms with E-state index in [1.165, 1.54) is 22.5 Å². The van der Waals surface area contributed by atoms with E-state index >= 15 is 0 Å². The molecule has 0 saturated heterocycles. The van der Waals surface area contributed by atoms with Gasteiger partial charge in [0.05, 0.1) is 0 Å². The molecule has 1 atom stereocenters. The number of rotatable bonds is 5. The van der Waals surface area contributed by atoms with E-state index in [-0.39, 0.29) is 6.03 Å². The monoisotopic (exact) mass is 331 g/mol. The van der Waals surface area contributed by atoms with Gasteiger partial charge >= 0.3 is 6.03 Å². The smallest absolute Gasteiger partial charge is 0.321 e. The van der Waals surface area contributed by atoms with Crippen LogP contribution in [0.1, 0.15) is 24.5 Å². The molecular weight excluding hydrogens is 310 g/mol. The minimum absolute atomic E-state index is 0.224. The molecule has 0 spiro atoms. The van der Waals surface area contributed by atoms with Crippen LogP contribution in [0.3, 0.4) is 0 Å². The van der Waals surface area contributed by atoms with Crippen LogP contribution in [0.5, 0.6) is 0 Å². The third kappa shape index (κ3) is 4.05. The molecule has 1 aromatic carbocycles. The fourth-order valence-electron chi connectivity index (χ4n) is 2.94. The molecule has 1 aliphatic heterocycles. The van der Waals surface area contributed by atoms with Crippen LogP contribution in [0.15, 0.2) is 29.8 Å². The molecular formula is C16H21N5OS. The Morgan fingerprint density at radius 1 is 1.39 bits per heavy atom. The summed E-state index contributed by atoms with van der Waals surface area (Å²) in [6, 6.07) is 8.72. The van der Waals surface area contributed by atoms with E-state index in [0.717, 1.165) is 25.9 Å². The third-order valence-corrected chi connectivity index (χ3v) is 4.83. The van der Waals surface area contributed by atoms with Crippen LogP contribution in [-0.2, 0) is 13.0 Å². The lowest BCUT2D eigenvalue weighted by Crippen LogP contribution is -2.46. The Bertz CT molecular complexity index is 646. The van der Waals surface area contributed by atoms with Gasteiger partial charge in [-0.15, -0.1) is 10.2 Å². The second-order valence-corrected chi connectivity index (χ2v) is 6.46. The zero-order chi connectivity index (χ0) is 16.1. The standard InChI is InChI=1S/C16H21N5OS/c1-2-14(9-17-15(22)19-16-20-18-11-23-16)21-8-7-12-5-3-4-6-13(12)10-21/h3-6,11,14H,2,7-10H2,1H3,(H2,17,19,20,22). The highest BCUT2D eigenvalue weighted by molar-refractivity contribution is 7.13. The van der Waals surface area contributed by atoms with Crippen molar-refractivity contribution in [1.82, 2.24) is 20.4 Å². The van der Waals surface area contributed by atoms with Crippen molar-refractivity contribution >= 4 is 22.5 Å². The van der Waals surface area contributed by atoms with E-state index in [2.05, 4.69) is 56.9 Å². The molecule has 7 heteroatoms. The minimum Gasteiger partial charge on any atom is -0.336 e. The maximum atomic E-state index is 11.9. The van der Waals surface area contributed by atoms with Gasteiger partial charge in [-0.3, -0.25) is 10.2 Å². The van der Waals surface area contributed by atoms with Gasteiger partial charge in [0.1, 0.15) is 5.51 Å². The van der Waals surface area contributed by atoms with Crippen LogP contribution in [0.4, 0.5) is 9.93 Å². The number of aromatic nitrogens is 2. The highest BCUT2D eigenvalue weighted by atomic mass is 32.1. The molecule has 0 bridgehead atoms. The molecule has 2 heterocycles. The Hall–Kier alpha value is -1.99. The van der Waals surface area contributed by atoms with E-state index in [0.29, 0.717) is 17.7 Å². The topological polar surface area (TPSA) is 70.1 Å². The van der Waals surface area contributed by atoms with Gasteiger partial charge < -0.3 is 5.32 Å². The van der Waals surface area contributed by atoms with E-state index in [1.807, 2.05) is 0 Å². The van der Waals surface area contributed by atoms with Gasteiger partial charge in [0.25, 0.3) is 0 Å². The Morgan fingerprint density at radius 3 is 2.96 bits per heavy atom. The summed E-state index contributed by atoms with van der Waals surface area (Å²) in [7, 11) is 0. The quantitative estimate of drug-likeness (QED) is 0.883. The van der Waals surface area contributed by atoms with Crippen LogP contribution in [0.2, 0.25) is 0 Å². The molecule has 1 aromatic heterocycles. The predicted octanol–water partition coefficient (Wildman–Crippen LogP) is 2.50. The van der Waals surface area contributed by atoms with Crippen molar-refractivity contribution in [2.45, 2.75) is 32.4 Å². The first kappa shape index (κ1) is 15.9. The molecule has 2 aromatic rings. The number of fused-ring (bicyclic) bond motifs is 1. The number of carbonyl (C=O) groups is 1. The fourth-order valence-corrected chi connectivity index (χ4v) is 3.38. The maximum absolute atomic E-state index is 11.9. The van der Waals surface area contributed by atoms with Gasteiger partial charge in [-0.2, -0.15) is 0 Å². The summed E-state index contributed by atoms with van der Waals surface area (Å²) < 4.78 is 0. The number of hydrogen-bond acceptors (Lipinski definition) is 5. The minimum atomic E-state index is -0.224. The summed E-state index contributed by atoms with van der Waals surface area (Å²) in [6.07, 6.45) is 2.07. The zero-order valence-electron chi connectivity index (χ0n) is 13.2. The van der Waals surface area contributed by atoms with Gasteiger partial charge in [0, 0.05) is 25.7 Å². The Morgan fingerprint density at radius 2 is 2.22 bits per heavy atom. The fraction of sp³-hybridized carbons (Fsp3) is 0.438. The normalized spacial score (nSPS) is 15.7. The van der Waals surface area contributed by atoms with E-state index in [9.17, 15) is 4.79 Å². The molecule has 2 amide bonds. The first-order valence-electron chi connectivity index (χ1n) is 7.88. The number of nitrogens with one attached hydrogen (secondary N) is 2. The molecule has 1 unspecified atom stereocenters. The number of anilines is 1. The summed E-state index contributed by atoms with van der Waals surface area (Å²) in [5, 5.41) is 13.7. The Balaban J connectivity index is 1.53. The number of nitrogens with zero attached hydrogens (tertiary/aromatic N) is 3. The number of urea groups is 1. The lowest BCUT2D eigenvalue weighted by atomic mass is 9.98. The lowest BCUT2D eigenvalue weighted by molar-refractivity contribution is 0.170. The second-order valence-electron chi connectivity index (χ2n) is 5.63. The number of carbonyl (C=O) groups excluding carboxylic acids is 1. The zero-order valence-corrected chi connectivity index (χ0v) is 14.0. The molecule has 2 N–H and O–H groups in total. The molecule has 0 aliphatic carbocycles. The molecule has 0 radical (unpaired) electrons. The molecule has 122 valence electrons. The molecule has 1 aliphatic rings. The summed E-state index contributed by atoms with van der Waals surface area (Å²) >= 11 is 1.31. The number of benzene rings is 1. The van der Waals surface area contributed by atoms with Crippen molar-refractivity contribution in [2.75, 3.05) is 18.4 Å². The molecule has 0 fully saturated rings. The lowest BCUT2D eigenvalue weighted by Gasteiger charge is -2.35. The van der Waals surface area contributed by atoms with Gasteiger partial charge in [-0.1, -0.05) is 42.5 Å². The number of hydrogen-bond donors (Lipinski definition) is 2. The molecule has 3 rings (SSSR count). The Kier molecular flexibility index (Phi) is 5.19. The predicted molar refractivity (Wildman–Crippen MR) is 91.6 cm³/mol. The highest BCUT2D eigenvalue weighted by Crippen LogP contribution is 2.21. The number of amides is 2. The van der Waals surface area contributed by atoms with E-state index in [4.69, 9.17) is 0 Å². The van der Waals surface area contributed by atoms with Crippen molar-refractivity contribution < 1.29 is 4.79 Å². The van der Waals surface area contributed by atoms with Crippen LogP contribution in [-0.4, -0.2) is 40.3 Å². The van der Waals surface area contributed by atoms with Gasteiger partial charge in [0.2, 0.25) is 5.13 Å². The van der Waals surface area contributed by atoms with Crippen molar-refractivity contribution in [3.05, 3.63) is 40.9 Å². The van der Waals surface area contributed by atoms with Crippen LogP contribution in [0, 0.1) is 0 Å². The summed E-state index contributed by atoms with van der Waals surface area (Å²) in [5.41, 5.74) is 4.44. The summed E-state index contributed by atoms with van der Waals surface area (Å²) in [5.74, 6) is 0. The van der Waals surface area contributed by atoms with Crippen molar-refractivity contribution in [3.63, 3.8) is 0 Å². The summed E-state index contributed by atoms with van der Waals surface area (Å²) in [6.45, 7) is 4.78. The van der Waals surface area contributed by atoms with Crippen molar-refractivity contribution in [1.29, 1.82) is 0 Å². The summed E-state index contributed by atoms with van der Waals surface area (Å²) in [4.78, 5) is 14.4. The molecule has 23 heavy (non-hydrogen) atoms. The molecule has 0 saturated carbocycles. The van der Waals surface area contributed by atoms with Gasteiger partial charge in [0.15, 0.2) is 0 Å². The van der Waals surface area contributed by atoms with Crippen molar-refractivity contribution in [3.8, 4) is 0 Å². The highest BCUT2D eigenvalue weighted by Gasteiger charge is 2.22. The van der Waals surface area contributed by atoms with Crippen LogP contribution >= 0.6 is 11.3 Å². The largest absolute Gasteiger partial charge is 0.336 e. The van der Waals surface area contributed by atoms with Crippen LogP contribution < -0.4 is 10.6 Å². The van der Waals surface area contributed by atoms with E-state index < -0.39 is 0 Å². The van der Waals surface area contributed by atoms with Crippen molar-refractivity contribution in [2.24, 2.45) is 0 Å². The van der Waals surface area contributed by atoms with Crippen LogP contribution in [0.25, 0.3) is 0 Å². The third-order valence-electron chi connectivity index (χ3n) is 4.23. The van der Waals surface area contributed by atoms with E-state index in [1.54, 1.807) is 5.51 Å². The first-order valence-corrected chi connectivity index (χ1v) is 8.76. The van der Waals surface area contributed by atoms with Gasteiger partial charge in [-0.05, 0) is 24.0 Å². The average molecular weight is 331 g/mol. The van der Waals surface area contributed by atoms with Gasteiger partial charge in [-0.25, -0.2) is 4.79 Å². The average Bonchev–Trinajstić information content (AvgIpc) is 3.08. The Labute approximate surface area is 139 Å².